The van der Waals surface area contributed by atoms with Crippen molar-refractivity contribution in [3.63, 3.8) is 0 Å². The van der Waals surface area contributed by atoms with Crippen LogP contribution in [0.4, 0.5) is 14.5 Å². The number of rotatable bonds is 7. The fourth-order valence-electron chi connectivity index (χ4n) is 4.65. The zero-order valence-corrected chi connectivity index (χ0v) is 19.2. The van der Waals surface area contributed by atoms with E-state index in [1.807, 2.05) is 17.2 Å². The first kappa shape index (κ1) is 22.6. The lowest BCUT2D eigenvalue weighted by Crippen LogP contribution is -2.51. The van der Waals surface area contributed by atoms with Gasteiger partial charge in [0.25, 0.3) is 0 Å². The average Bonchev–Trinajstić information content (AvgIpc) is 3.26. The van der Waals surface area contributed by atoms with Gasteiger partial charge in [-0.3, -0.25) is 4.98 Å². The Kier molecular flexibility index (Phi) is 6.38. The molecule has 5 rings (SSSR count). The highest BCUT2D eigenvalue weighted by Gasteiger charge is 2.29. The summed E-state index contributed by atoms with van der Waals surface area (Å²) in [4.78, 5) is 11.0. The number of nitrogens with two attached hydrogens (primary N) is 1. The number of nitrogens with zero attached hydrogens (tertiary/aromatic N) is 5. The van der Waals surface area contributed by atoms with E-state index in [2.05, 4.69) is 20.4 Å². The number of piperidine rings is 1. The zero-order chi connectivity index (χ0) is 23.7. The summed E-state index contributed by atoms with van der Waals surface area (Å²) in [5, 5.41) is 8.69. The van der Waals surface area contributed by atoms with Gasteiger partial charge in [-0.1, -0.05) is 0 Å². The number of hydrogen-bond donors (Lipinski definition) is 2. The molecule has 0 saturated carbocycles. The second kappa shape index (κ2) is 9.60. The van der Waals surface area contributed by atoms with Crippen molar-refractivity contribution in [1.29, 1.82) is 0 Å². The standard InChI is InChI=1S/C25H29F2N7/c1-16-10-19-18(4-8-30-24(19)11-21(16)26)20-13-32-34-14-17(12-31-25(20)34)33-9-5-23(22(27)15-33)29-7-3-2-6-28/h4,8,10-14,22-23,29H,2-3,5-7,9,15,28H2,1H3. The summed E-state index contributed by atoms with van der Waals surface area (Å²) in [6.45, 7) is 4.26. The number of aryl methyl sites for hydroxylation is 1. The molecular formula is C25H29F2N7. The smallest absolute Gasteiger partial charge is 0.162 e. The van der Waals surface area contributed by atoms with Gasteiger partial charge in [-0.2, -0.15) is 5.10 Å². The Morgan fingerprint density at radius 2 is 2.06 bits per heavy atom. The summed E-state index contributed by atoms with van der Waals surface area (Å²) in [5.74, 6) is -0.277. The first-order chi connectivity index (χ1) is 16.5. The number of nitrogens with one attached hydrogen (secondary N) is 1. The van der Waals surface area contributed by atoms with E-state index in [9.17, 15) is 8.78 Å². The lowest BCUT2D eigenvalue weighted by atomic mass is 10.0. The Labute approximate surface area is 197 Å². The zero-order valence-electron chi connectivity index (χ0n) is 19.2. The maximum absolute atomic E-state index is 14.8. The highest BCUT2D eigenvalue weighted by Crippen LogP contribution is 2.32. The number of anilines is 1. The summed E-state index contributed by atoms with van der Waals surface area (Å²) < 4.78 is 30.6. The fourth-order valence-corrected chi connectivity index (χ4v) is 4.65. The average molecular weight is 466 g/mol. The number of pyridine rings is 1. The van der Waals surface area contributed by atoms with Crippen molar-refractivity contribution in [2.24, 2.45) is 5.73 Å². The van der Waals surface area contributed by atoms with E-state index < -0.39 is 6.17 Å². The molecule has 0 radical (unpaired) electrons. The lowest BCUT2D eigenvalue weighted by molar-refractivity contribution is 0.219. The minimum absolute atomic E-state index is 0.129. The third-order valence-corrected chi connectivity index (χ3v) is 6.60. The number of aromatic nitrogens is 4. The van der Waals surface area contributed by atoms with Crippen molar-refractivity contribution in [3.05, 3.63) is 54.4 Å². The highest BCUT2D eigenvalue weighted by molar-refractivity contribution is 5.98. The van der Waals surface area contributed by atoms with Crippen LogP contribution < -0.4 is 16.0 Å². The largest absolute Gasteiger partial charge is 0.366 e. The molecule has 1 aliphatic heterocycles. The van der Waals surface area contributed by atoms with Crippen LogP contribution in [-0.4, -0.2) is 58.0 Å². The molecule has 4 aromatic rings. The van der Waals surface area contributed by atoms with Gasteiger partial charge < -0.3 is 16.0 Å². The highest BCUT2D eigenvalue weighted by atomic mass is 19.1. The topological polar surface area (TPSA) is 84.4 Å². The van der Waals surface area contributed by atoms with Crippen molar-refractivity contribution in [2.75, 3.05) is 31.1 Å². The SMILES string of the molecule is Cc1cc2c(-c3cnn4cc(N5CCC(NCCCCN)C(F)C5)cnc34)ccnc2cc1F. The van der Waals surface area contributed by atoms with Crippen LogP contribution in [0.1, 0.15) is 24.8 Å². The Balaban J connectivity index is 1.37. The van der Waals surface area contributed by atoms with Gasteiger partial charge in [0.1, 0.15) is 12.0 Å². The van der Waals surface area contributed by atoms with E-state index in [-0.39, 0.29) is 11.9 Å². The molecule has 2 atom stereocenters. The molecule has 7 nitrogen and oxygen atoms in total. The van der Waals surface area contributed by atoms with Crippen LogP contribution in [0.15, 0.2) is 43.0 Å². The molecule has 4 heterocycles. The van der Waals surface area contributed by atoms with Gasteiger partial charge in [-0.25, -0.2) is 18.3 Å². The van der Waals surface area contributed by atoms with E-state index >= 15 is 0 Å². The molecule has 1 aromatic carbocycles. The van der Waals surface area contributed by atoms with Gasteiger partial charge in [0.2, 0.25) is 0 Å². The number of hydrogen-bond acceptors (Lipinski definition) is 6. The fraction of sp³-hybridized carbons (Fsp3) is 0.400. The van der Waals surface area contributed by atoms with Crippen LogP contribution in [0.3, 0.4) is 0 Å². The molecule has 9 heteroatoms. The van der Waals surface area contributed by atoms with Crippen LogP contribution >= 0.6 is 0 Å². The molecule has 0 amide bonds. The number of unbranched alkanes of at least 4 members (excludes halogenated alkanes) is 1. The third-order valence-electron chi connectivity index (χ3n) is 6.60. The van der Waals surface area contributed by atoms with Gasteiger partial charge >= 0.3 is 0 Å². The minimum atomic E-state index is -0.956. The van der Waals surface area contributed by atoms with Crippen LogP contribution in [-0.2, 0) is 0 Å². The first-order valence-electron chi connectivity index (χ1n) is 11.8. The van der Waals surface area contributed by atoms with Gasteiger partial charge in [0, 0.05) is 35.8 Å². The van der Waals surface area contributed by atoms with Gasteiger partial charge in [-0.05, 0) is 62.5 Å². The van der Waals surface area contributed by atoms with Gasteiger partial charge in [0.05, 0.1) is 36.3 Å². The Morgan fingerprint density at radius 1 is 1.18 bits per heavy atom. The van der Waals surface area contributed by atoms with Crippen molar-refractivity contribution < 1.29 is 8.78 Å². The molecule has 0 spiro atoms. The molecule has 1 fully saturated rings. The van der Waals surface area contributed by atoms with Crippen LogP contribution in [0.25, 0.3) is 27.7 Å². The summed E-state index contributed by atoms with van der Waals surface area (Å²) in [6, 6.07) is 5.02. The van der Waals surface area contributed by atoms with Crippen molar-refractivity contribution in [1.82, 2.24) is 24.9 Å². The van der Waals surface area contributed by atoms with Crippen molar-refractivity contribution in [3.8, 4) is 11.1 Å². The molecule has 178 valence electrons. The molecule has 0 bridgehead atoms. The maximum atomic E-state index is 14.8. The number of benzene rings is 1. The van der Waals surface area contributed by atoms with Gasteiger partial charge in [-0.15, -0.1) is 0 Å². The van der Waals surface area contributed by atoms with E-state index in [4.69, 9.17) is 5.73 Å². The Hall–Kier alpha value is -3.17. The molecular weight excluding hydrogens is 436 g/mol. The van der Waals surface area contributed by atoms with E-state index in [1.165, 1.54) is 6.07 Å². The second-order valence-electron chi connectivity index (χ2n) is 8.92. The van der Waals surface area contributed by atoms with Crippen molar-refractivity contribution in [2.45, 2.75) is 38.4 Å². The summed E-state index contributed by atoms with van der Waals surface area (Å²) in [6.07, 6.45) is 8.78. The molecule has 0 aliphatic carbocycles. The van der Waals surface area contributed by atoms with E-state index in [0.29, 0.717) is 29.8 Å². The van der Waals surface area contributed by atoms with Crippen LogP contribution in [0.5, 0.6) is 0 Å². The number of fused-ring (bicyclic) bond motifs is 2. The Bertz CT molecular complexity index is 1310. The molecule has 34 heavy (non-hydrogen) atoms. The molecule has 2 unspecified atom stereocenters. The number of alkyl halides is 1. The molecule has 3 N–H and O–H groups in total. The van der Waals surface area contributed by atoms with E-state index in [1.54, 1.807) is 36.1 Å². The van der Waals surface area contributed by atoms with E-state index in [0.717, 1.165) is 54.6 Å². The third kappa shape index (κ3) is 4.33. The first-order valence-corrected chi connectivity index (χ1v) is 11.8. The minimum Gasteiger partial charge on any atom is -0.366 e. The Morgan fingerprint density at radius 3 is 2.88 bits per heavy atom. The summed E-state index contributed by atoms with van der Waals surface area (Å²) in [5.41, 5.74) is 9.94. The van der Waals surface area contributed by atoms with Crippen LogP contribution in [0.2, 0.25) is 0 Å². The predicted molar refractivity (Wildman–Crippen MR) is 130 cm³/mol. The van der Waals surface area contributed by atoms with Gasteiger partial charge in [0.15, 0.2) is 5.65 Å². The lowest BCUT2D eigenvalue weighted by Gasteiger charge is -2.36. The summed E-state index contributed by atoms with van der Waals surface area (Å²) in [7, 11) is 0. The predicted octanol–water partition coefficient (Wildman–Crippen LogP) is 3.64. The molecule has 1 saturated heterocycles. The summed E-state index contributed by atoms with van der Waals surface area (Å²) >= 11 is 0. The number of halogens is 2. The van der Waals surface area contributed by atoms with Crippen molar-refractivity contribution >= 4 is 22.2 Å². The monoisotopic (exact) mass is 465 g/mol. The molecule has 1 aliphatic rings. The van der Waals surface area contributed by atoms with Crippen LogP contribution in [0, 0.1) is 12.7 Å². The maximum Gasteiger partial charge on any atom is 0.162 e. The molecule has 3 aromatic heterocycles. The quantitative estimate of drug-likeness (QED) is 0.406. The normalized spacial score (nSPS) is 18.8. The second-order valence-corrected chi connectivity index (χ2v) is 8.92.